The maximum atomic E-state index is 13.0. The fourth-order valence-electron chi connectivity index (χ4n) is 3.94. The standard InChI is InChI=1S/C21H19NO4S/c1-26-21(25)13-6-4-12(5-7-13)15-11-19(24)22-16-9-14(10-17(23)20(15)16)18-3-2-8-27-18/h2-8,14-15H,9-11H2,1H3,(H,22,24)/t14-,15-/m1/s1. The molecule has 1 aliphatic heterocycles. The van der Waals surface area contributed by atoms with Gasteiger partial charge >= 0.3 is 5.97 Å². The minimum absolute atomic E-state index is 0.0737. The first-order chi connectivity index (χ1) is 13.1. The van der Waals surface area contributed by atoms with Crippen LogP contribution in [0.3, 0.4) is 0 Å². The highest BCUT2D eigenvalue weighted by atomic mass is 32.1. The number of thiophene rings is 1. The number of Topliss-reactive ketones (excluding diaryl/α,β-unsaturated/α-hetero) is 1. The van der Waals surface area contributed by atoms with E-state index in [4.69, 9.17) is 4.74 Å². The number of esters is 1. The number of rotatable bonds is 3. The molecule has 0 saturated carbocycles. The Bertz CT molecular complexity index is 928. The second kappa shape index (κ2) is 7.12. The Morgan fingerprint density at radius 3 is 2.56 bits per heavy atom. The number of ketones is 1. The third-order valence-electron chi connectivity index (χ3n) is 5.22. The fraction of sp³-hybridized carbons (Fsp3) is 0.286. The first-order valence-electron chi connectivity index (χ1n) is 8.84. The van der Waals surface area contributed by atoms with Crippen LogP contribution in [0.2, 0.25) is 0 Å². The van der Waals surface area contributed by atoms with Gasteiger partial charge in [-0.05, 0) is 35.6 Å². The SMILES string of the molecule is COC(=O)c1ccc([C@H]2CC(=O)NC3=C2C(=O)C[C@H](c2cccs2)C3)cc1. The van der Waals surface area contributed by atoms with Gasteiger partial charge in [-0.2, -0.15) is 0 Å². The van der Waals surface area contributed by atoms with E-state index in [1.807, 2.05) is 17.5 Å². The molecule has 27 heavy (non-hydrogen) atoms. The van der Waals surface area contributed by atoms with Crippen molar-refractivity contribution >= 4 is 29.0 Å². The lowest BCUT2D eigenvalue weighted by Crippen LogP contribution is -2.38. The second-order valence-electron chi connectivity index (χ2n) is 6.85. The van der Waals surface area contributed by atoms with E-state index in [1.165, 1.54) is 12.0 Å². The molecule has 1 aromatic carbocycles. The Hall–Kier alpha value is -2.73. The Kier molecular flexibility index (Phi) is 4.66. The van der Waals surface area contributed by atoms with Gasteiger partial charge in [0.05, 0.1) is 12.7 Å². The third kappa shape index (κ3) is 3.32. The van der Waals surface area contributed by atoms with Crippen LogP contribution in [0.4, 0.5) is 0 Å². The number of amides is 1. The molecule has 0 saturated heterocycles. The maximum Gasteiger partial charge on any atom is 0.337 e. The number of carbonyl (C=O) groups excluding carboxylic acids is 3. The molecule has 6 heteroatoms. The first-order valence-corrected chi connectivity index (χ1v) is 9.72. The first kappa shape index (κ1) is 17.7. The monoisotopic (exact) mass is 381 g/mol. The van der Waals surface area contributed by atoms with Gasteiger partial charge < -0.3 is 10.1 Å². The number of carbonyl (C=O) groups is 3. The molecule has 138 valence electrons. The van der Waals surface area contributed by atoms with Crippen LogP contribution in [-0.4, -0.2) is 24.8 Å². The normalized spacial score (nSPS) is 22.3. The van der Waals surface area contributed by atoms with Crippen molar-refractivity contribution in [3.63, 3.8) is 0 Å². The van der Waals surface area contributed by atoms with Crippen LogP contribution in [0.1, 0.15) is 51.9 Å². The zero-order valence-electron chi connectivity index (χ0n) is 14.9. The molecule has 2 aliphatic rings. The summed E-state index contributed by atoms with van der Waals surface area (Å²) < 4.78 is 4.72. The van der Waals surface area contributed by atoms with E-state index in [0.717, 1.165) is 11.3 Å². The van der Waals surface area contributed by atoms with Gasteiger partial charge in [-0.25, -0.2) is 4.79 Å². The van der Waals surface area contributed by atoms with Crippen LogP contribution in [0.25, 0.3) is 0 Å². The summed E-state index contributed by atoms with van der Waals surface area (Å²) in [6, 6.07) is 11.0. The van der Waals surface area contributed by atoms with Crippen LogP contribution in [0, 0.1) is 0 Å². The zero-order chi connectivity index (χ0) is 19.0. The highest BCUT2D eigenvalue weighted by molar-refractivity contribution is 7.10. The molecule has 0 fully saturated rings. The Balaban J connectivity index is 1.67. The van der Waals surface area contributed by atoms with Crippen LogP contribution >= 0.6 is 11.3 Å². The van der Waals surface area contributed by atoms with Crippen molar-refractivity contribution in [1.82, 2.24) is 5.32 Å². The molecule has 2 aromatic rings. The van der Waals surface area contributed by atoms with Crippen molar-refractivity contribution in [2.45, 2.75) is 31.1 Å². The lowest BCUT2D eigenvalue weighted by atomic mass is 9.74. The van der Waals surface area contributed by atoms with Gasteiger partial charge in [0, 0.05) is 40.8 Å². The Morgan fingerprint density at radius 1 is 1.11 bits per heavy atom. The van der Waals surface area contributed by atoms with Crippen LogP contribution in [0.5, 0.6) is 0 Å². The summed E-state index contributed by atoms with van der Waals surface area (Å²) in [7, 11) is 1.34. The topological polar surface area (TPSA) is 72.5 Å². The second-order valence-corrected chi connectivity index (χ2v) is 7.83. The molecule has 0 radical (unpaired) electrons. The van der Waals surface area contributed by atoms with E-state index in [2.05, 4.69) is 5.32 Å². The molecule has 5 nitrogen and oxygen atoms in total. The molecule has 2 atom stereocenters. The van der Waals surface area contributed by atoms with Crippen molar-refractivity contribution in [2.24, 2.45) is 0 Å². The molecular weight excluding hydrogens is 362 g/mol. The van der Waals surface area contributed by atoms with Gasteiger partial charge in [0.15, 0.2) is 5.78 Å². The van der Waals surface area contributed by atoms with Crippen LogP contribution in [0.15, 0.2) is 53.0 Å². The van der Waals surface area contributed by atoms with Gasteiger partial charge in [-0.1, -0.05) is 18.2 Å². The molecule has 1 amide bonds. The van der Waals surface area contributed by atoms with Crippen molar-refractivity contribution < 1.29 is 19.1 Å². The molecule has 1 aromatic heterocycles. The predicted molar refractivity (Wildman–Crippen MR) is 102 cm³/mol. The number of nitrogens with one attached hydrogen (secondary N) is 1. The smallest absolute Gasteiger partial charge is 0.337 e. The molecule has 0 bridgehead atoms. The van der Waals surface area contributed by atoms with Gasteiger partial charge in [-0.15, -0.1) is 11.3 Å². The number of allylic oxidation sites excluding steroid dienone is 2. The summed E-state index contributed by atoms with van der Waals surface area (Å²) in [5, 5.41) is 4.94. The van der Waals surface area contributed by atoms with E-state index >= 15 is 0 Å². The van der Waals surface area contributed by atoms with E-state index < -0.39 is 5.97 Å². The van der Waals surface area contributed by atoms with E-state index in [-0.39, 0.29) is 29.9 Å². The Morgan fingerprint density at radius 2 is 1.89 bits per heavy atom. The summed E-state index contributed by atoms with van der Waals surface area (Å²) in [5.41, 5.74) is 2.78. The molecule has 1 N–H and O–H groups in total. The number of methoxy groups -OCH3 is 1. The van der Waals surface area contributed by atoms with Crippen LogP contribution < -0.4 is 5.32 Å². The van der Waals surface area contributed by atoms with Gasteiger partial charge in [-0.3, -0.25) is 9.59 Å². The minimum atomic E-state index is -0.407. The van der Waals surface area contributed by atoms with Crippen molar-refractivity contribution in [3.8, 4) is 0 Å². The summed E-state index contributed by atoms with van der Waals surface area (Å²) in [6.07, 6.45) is 1.38. The van der Waals surface area contributed by atoms with E-state index in [1.54, 1.807) is 35.6 Å². The fourth-order valence-corrected chi connectivity index (χ4v) is 4.77. The minimum Gasteiger partial charge on any atom is -0.465 e. The number of ether oxygens (including phenoxy) is 1. The molecular formula is C21H19NO4S. The van der Waals surface area contributed by atoms with E-state index in [9.17, 15) is 14.4 Å². The number of hydrogen-bond acceptors (Lipinski definition) is 5. The summed E-state index contributed by atoms with van der Waals surface area (Å²) in [4.78, 5) is 38.1. The van der Waals surface area contributed by atoms with Crippen molar-refractivity contribution in [1.29, 1.82) is 0 Å². The number of hydrogen-bond donors (Lipinski definition) is 1. The zero-order valence-corrected chi connectivity index (χ0v) is 15.7. The molecule has 1 aliphatic carbocycles. The molecule has 2 heterocycles. The third-order valence-corrected chi connectivity index (χ3v) is 6.25. The average molecular weight is 381 g/mol. The molecule has 4 rings (SSSR count). The summed E-state index contributed by atoms with van der Waals surface area (Å²) in [6.45, 7) is 0. The summed E-state index contributed by atoms with van der Waals surface area (Å²) >= 11 is 1.64. The largest absolute Gasteiger partial charge is 0.465 e. The van der Waals surface area contributed by atoms with Gasteiger partial charge in [0.2, 0.25) is 5.91 Å². The molecule has 0 spiro atoms. The highest BCUT2D eigenvalue weighted by Gasteiger charge is 2.38. The van der Waals surface area contributed by atoms with Crippen LogP contribution in [-0.2, 0) is 14.3 Å². The van der Waals surface area contributed by atoms with Crippen molar-refractivity contribution in [3.05, 3.63) is 69.1 Å². The Labute approximate surface area is 161 Å². The predicted octanol–water partition coefficient (Wildman–Crippen LogP) is 3.54. The maximum absolute atomic E-state index is 13.0. The van der Waals surface area contributed by atoms with Crippen molar-refractivity contribution in [2.75, 3.05) is 7.11 Å². The average Bonchev–Trinajstić information content (AvgIpc) is 3.21. The lowest BCUT2D eigenvalue weighted by Gasteiger charge is -2.34. The highest BCUT2D eigenvalue weighted by Crippen LogP contribution is 2.43. The quantitative estimate of drug-likeness (QED) is 0.826. The van der Waals surface area contributed by atoms with E-state index in [0.29, 0.717) is 24.0 Å². The molecule has 0 unspecified atom stereocenters. The van der Waals surface area contributed by atoms with Gasteiger partial charge in [0.25, 0.3) is 0 Å². The van der Waals surface area contributed by atoms with Gasteiger partial charge in [0.1, 0.15) is 0 Å². The number of benzene rings is 1. The lowest BCUT2D eigenvalue weighted by molar-refractivity contribution is -0.122. The summed E-state index contributed by atoms with van der Waals surface area (Å²) in [5.74, 6) is -0.531.